The van der Waals surface area contributed by atoms with E-state index in [0.29, 0.717) is 5.92 Å². The maximum absolute atomic E-state index is 6.21. The van der Waals surface area contributed by atoms with Crippen molar-refractivity contribution >= 4 is 11.8 Å². The Bertz CT molecular complexity index is 285. The van der Waals surface area contributed by atoms with E-state index in [0.717, 1.165) is 6.42 Å². The van der Waals surface area contributed by atoms with Gasteiger partial charge in [-0.2, -0.15) is 0 Å². The molecule has 1 aromatic carbocycles. The van der Waals surface area contributed by atoms with Crippen molar-refractivity contribution in [2.24, 2.45) is 11.7 Å². The molecule has 1 nitrogen and oxygen atoms in total. The summed E-state index contributed by atoms with van der Waals surface area (Å²) >= 11 is 1.77. The summed E-state index contributed by atoms with van der Waals surface area (Å²) in [6, 6.07) is 8.59. The summed E-state index contributed by atoms with van der Waals surface area (Å²) in [5, 5.41) is 0. The maximum atomic E-state index is 6.21. The van der Waals surface area contributed by atoms with E-state index in [2.05, 4.69) is 44.4 Å². The van der Waals surface area contributed by atoms with Gasteiger partial charge in [0.25, 0.3) is 0 Å². The molecule has 0 saturated carbocycles. The van der Waals surface area contributed by atoms with Crippen LogP contribution >= 0.6 is 11.8 Å². The number of hydrogen-bond acceptors (Lipinski definition) is 2. The zero-order valence-corrected chi connectivity index (χ0v) is 9.97. The van der Waals surface area contributed by atoms with Gasteiger partial charge in [0.2, 0.25) is 0 Å². The molecule has 0 aromatic heterocycles. The van der Waals surface area contributed by atoms with Gasteiger partial charge in [0.05, 0.1) is 0 Å². The lowest BCUT2D eigenvalue weighted by molar-refractivity contribution is 0.452. The van der Waals surface area contributed by atoms with Crippen LogP contribution in [0.1, 0.15) is 31.9 Å². The normalized spacial score (nSPS) is 15.1. The molecular weight excluding hydrogens is 190 g/mol. The number of rotatable bonds is 4. The van der Waals surface area contributed by atoms with Crippen molar-refractivity contribution in [3.05, 3.63) is 29.8 Å². The van der Waals surface area contributed by atoms with Gasteiger partial charge in [-0.1, -0.05) is 38.5 Å². The molecule has 0 aliphatic heterocycles. The monoisotopic (exact) mass is 209 g/mol. The van der Waals surface area contributed by atoms with Crippen LogP contribution in [-0.4, -0.2) is 6.26 Å². The summed E-state index contributed by atoms with van der Waals surface area (Å²) in [5.41, 5.74) is 7.50. The molecule has 2 unspecified atom stereocenters. The van der Waals surface area contributed by atoms with Crippen LogP contribution in [0.2, 0.25) is 0 Å². The first-order valence-corrected chi connectivity index (χ1v) is 6.31. The highest BCUT2D eigenvalue weighted by Crippen LogP contribution is 2.29. The van der Waals surface area contributed by atoms with Crippen LogP contribution in [0.15, 0.2) is 29.2 Å². The lowest BCUT2D eigenvalue weighted by Gasteiger charge is -2.20. The summed E-state index contributed by atoms with van der Waals surface area (Å²) < 4.78 is 0. The second-order valence-corrected chi connectivity index (χ2v) is 4.50. The van der Waals surface area contributed by atoms with Crippen molar-refractivity contribution in [3.63, 3.8) is 0 Å². The molecule has 0 fully saturated rings. The fourth-order valence-corrected chi connectivity index (χ4v) is 2.16. The van der Waals surface area contributed by atoms with Crippen LogP contribution in [-0.2, 0) is 0 Å². The molecule has 0 aliphatic carbocycles. The van der Waals surface area contributed by atoms with E-state index in [1.807, 2.05) is 0 Å². The lowest BCUT2D eigenvalue weighted by Crippen LogP contribution is -2.19. The highest BCUT2D eigenvalue weighted by molar-refractivity contribution is 7.98. The highest BCUT2D eigenvalue weighted by Gasteiger charge is 2.15. The molecule has 0 amide bonds. The van der Waals surface area contributed by atoms with Crippen molar-refractivity contribution in [3.8, 4) is 0 Å². The summed E-state index contributed by atoms with van der Waals surface area (Å²) in [6.45, 7) is 4.40. The van der Waals surface area contributed by atoms with Crippen molar-refractivity contribution < 1.29 is 0 Å². The molecule has 0 bridgehead atoms. The van der Waals surface area contributed by atoms with Gasteiger partial charge < -0.3 is 5.73 Å². The van der Waals surface area contributed by atoms with E-state index in [4.69, 9.17) is 5.73 Å². The number of nitrogens with two attached hydrogens (primary N) is 1. The third kappa shape index (κ3) is 2.52. The molecule has 2 N–H and O–H groups in total. The Labute approximate surface area is 91.1 Å². The third-order valence-corrected chi connectivity index (χ3v) is 3.57. The zero-order chi connectivity index (χ0) is 10.6. The summed E-state index contributed by atoms with van der Waals surface area (Å²) in [4.78, 5) is 1.31. The Balaban J connectivity index is 2.93. The molecular formula is C12H19NS. The van der Waals surface area contributed by atoms with Crippen LogP contribution in [0.25, 0.3) is 0 Å². The Morgan fingerprint density at radius 1 is 1.36 bits per heavy atom. The molecule has 1 aromatic rings. The molecule has 2 heteroatoms. The zero-order valence-electron chi connectivity index (χ0n) is 9.16. The molecule has 0 aliphatic rings. The maximum Gasteiger partial charge on any atom is 0.0331 e. The van der Waals surface area contributed by atoms with Gasteiger partial charge in [0, 0.05) is 10.9 Å². The van der Waals surface area contributed by atoms with Crippen LogP contribution in [0.3, 0.4) is 0 Å². The smallest absolute Gasteiger partial charge is 0.0331 e. The fraction of sp³-hybridized carbons (Fsp3) is 0.500. The average Bonchev–Trinajstić information content (AvgIpc) is 2.26. The van der Waals surface area contributed by atoms with Gasteiger partial charge >= 0.3 is 0 Å². The molecule has 1 rings (SSSR count). The standard InChI is InChI=1S/C12H19NS/c1-4-9(2)12(13)10-7-5-6-8-11(10)14-3/h5-9,12H,4,13H2,1-3H3. The van der Waals surface area contributed by atoms with Crippen molar-refractivity contribution in [1.82, 2.24) is 0 Å². The van der Waals surface area contributed by atoms with Gasteiger partial charge in [-0.05, 0) is 23.8 Å². The summed E-state index contributed by atoms with van der Waals surface area (Å²) in [5.74, 6) is 0.545. The SMILES string of the molecule is CCC(C)C(N)c1ccccc1SC. The molecule has 0 heterocycles. The van der Waals surface area contributed by atoms with Crippen molar-refractivity contribution in [2.45, 2.75) is 31.2 Å². The minimum absolute atomic E-state index is 0.170. The molecule has 2 atom stereocenters. The molecule has 0 radical (unpaired) electrons. The van der Waals surface area contributed by atoms with E-state index >= 15 is 0 Å². The van der Waals surface area contributed by atoms with Crippen molar-refractivity contribution in [1.29, 1.82) is 0 Å². The topological polar surface area (TPSA) is 26.0 Å². The first kappa shape index (κ1) is 11.6. The minimum Gasteiger partial charge on any atom is -0.324 e. The molecule has 0 saturated heterocycles. The summed E-state index contributed by atoms with van der Waals surface area (Å²) in [6.07, 6.45) is 3.23. The van der Waals surface area contributed by atoms with E-state index < -0.39 is 0 Å². The number of benzene rings is 1. The highest BCUT2D eigenvalue weighted by atomic mass is 32.2. The Kier molecular flexibility index (Phi) is 4.49. The average molecular weight is 209 g/mol. The van der Waals surface area contributed by atoms with Crippen LogP contribution < -0.4 is 5.73 Å². The lowest BCUT2D eigenvalue weighted by atomic mass is 9.93. The third-order valence-electron chi connectivity index (χ3n) is 2.76. The minimum atomic E-state index is 0.170. The van der Waals surface area contributed by atoms with Crippen LogP contribution in [0.4, 0.5) is 0 Å². The van der Waals surface area contributed by atoms with Gasteiger partial charge in [-0.3, -0.25) is 0 Å². The second kappa shape index (κ2) is 5.42. The quantitative estimate of drug-likeness (QED) is 0.769. The predicted molar refractivity (Wildman–Crippen MR) is 64.6 cm³/mol. The predicted octanol–water partition coefficient (Wildman–Crippen LogP) is 3.45. The summed E-state index contributed by atoms with van der Waals surface area (Å²) in [7, 11) is 0. The van der Waals surface area contributed by atoms with E-state index in [1.54, 1.807) is 11.8 Å². The van der Waals surface area contributed by atoms with E-state index in [-0.39, 0.29) is 6.04 Å². The Hall–Kier alpha value is -0.470. The molecule has 14 heavy (non-hydrogen) atoms. The van der Waals surface area contributed by atoms with Gasteiger partial charge in [-0.25, -0.2) is 0 Å². The van der Waals surface area contributed by atoms with Crippen LogP contribution in [0, 0.1) is 5.92 Å². The largest absolute Gasteiger partial charge is 0.324 e. The van der Waals surface area contributed by atoms with Crippen molar-refractivity contribution in [2.75, 3.05) is 6.26 Å². The molecule has 78 valence electrons. The second-order valence-electron chi connectivity index (χ2n) is 3.65. The molecule has 0 spiro atoms. The first-order valence-electron chi connectivity index (χ1n) is 5.09. The van der Waals surface area contributed by atoms with Crippen LogP contribution in [0.5, 0.6) is 0 Å². The number of thioether (sulfide) groups is 1. The van der Waals surface area contributed by atoms with Gasteiger partial charge in [0.15, 0.2) is 0 Å². The Morgan fingerprint density at radius 3 is 2.57 bits per heavy atom. The van der Waals surface area contributed by atoms with Gasteiger partial charge in [0.1, 0.15) is 0 Å². The van der Waals surface area contributed by atoms with E-state index in [1.165, 1.54) is 10.5 Å². The Morgan fingerprint density at radius 2 is 2.00 bits per heavy atom. The van der Waals surface area contributed by atoms with E-state index in [9.17, 15) is 0 Å². The number of hydrogen-bond donors (Lipinski definition) is 1. The fourth-order valence-electron chi connectivity index (χ4n) is 1.50. The first-order chi connectivity index (χ1) is 6.70. The van der Waals surface area contributed by atoms with Gasteiger partial charge in [-0.15, -0.1) is 11.8 Å².